The number of hydrogen-bond donors (Lipinski definition) is 2. The van der Waals surface area contributed by atoms with E-state index in [9.17, 15) is 0 Å². The number of anilines is 1. The summed E-state index contributed by atoms with van der Waals surface area (Å²) in [7, 11) is 0. The van der Waals surface area contributed by atoms with Gasteiger partial charge < -0.3 is 10.7 Å². The van der Waals surface area contributed by atoms with Crippen LogP contribution >= 0.6 is 0 Å². The maximum atomic E-state index is 5.75. The van der Waals surface area contributed by atoms with E-state index in [1.807, 2.05) is 66.7 Å². The summed E-state index contributed by atoms with van der Waals surface area (Å²) in [4.78, 5) is 16.5. The van der Waals surface area contributed by atoms with Gasteiger partial charge in [-0.05, 0) is 6.07 Å². The Hall–Kier alpha value is -3.47. The molecule has 0 aliphatic carbocycles. The van der Waals surface area contributed by atoms with E-state index in [-0.39, 0.29) is 5.95 Å². The second-order valence-electron chi connectivity index (χ2n) is 5.34. The van der Waals surface area contributed by atoms with Gasteiger partial charge in [-0.3, -0.25) is 0 Å². The quantitative estimate of drug-likeness (QED) is 0.603. The van der Waals surface area contributed by atoms with E-state index < -0.39 is 0 Å². The maximum Gasteiger partial charge on any atom is 0.220 e. The largest absolute Gasteiger partial charge is 0.368 e. The highest BCUT2D eigenvalue weighted by Crippen LogP contribution is 2.31. The lowest BCUT2D eigenvalue weighted by Gasteiger charge is -2.02. The molecule has 0 bridgehead atoms. The minimum atomic E-state index is 0.238. The number of benzene rings is 2. The van der Waals surface area contributed by atoms with Crippen molar-refractivity contribution >= 4 is 5.95 Å². The van der Waals surface area contributed by atoms with Crippen LogP contribution in [0.4, 0.5) is 5.95 Å². The molecule has 0 saturated carbocycles. The number of rotatable bonds is 3. The number of aromatic nitrogens is 4. The summed E-state index contributed by atoms with van der Waals surface area (Å²) in [6.45, 7) is 0. The molecule has 2 heterocycles. The van der Waals surface area contributed by atoms with Gasteiger partial charge in [0.25, 0.3) is 0 Å². The van der Waals surface area contributed by atoms with Crippen LogP contribution in [0.3, 0.4) is 0 Å². The van der Waals surface area contributed by atoms with Gasteiger partial charge in [-0.15, -0.1) is 0 Å². The van der Waals surface area contributed by atoms with Crippen LogP contribution in [-0.2, 0) is 0 Å². The zero-order chi connectivity index (χ0) is 16.4. The average Bonchev–Trinajstić information content (AvgIpc) is 3.09. The SMILES string of the molecule is Nc1nccc(-c2[nH]c(-c3ccccc3)nc2-c2ccccc2)n1. The Bertz CT molecular complexity index is 961. The number of nitrogens with one attached hydrogen (secondary N) is 1. The molecule has 0 saturated heterocycles. The van der Waals surface area contributed by atoms with Crippen molar-refractivity contribution < 1.29 is 0 Å². The van der Waals surface area contributed by atoms with E-state index in [2.05, 4.69) is 15.0 Å². The Labute approximate surface area is 139 Å². The van der Waals surface area contributed by atoms with Crippen molar-refractivity contribution in [2.75, 3.05) is 5.73 Å². The van der Waals surface area contributed by atoms with Gasteiger partial charge in [0.15, 0.2) is 0 Å². The molecule has 116 valence electrons. The van der Waals surface area contributed by atoms with Gasteiger partial charge in [-0.25, -0.2) is 15.0 Å². The van der Waals surface area contributed by atoms with Crippen LogP contribution < -0.4 is 5.73 Å². The van der Waals surface area contributed by atoms with Crippen molar-refractivity contribution in [2.24, 2.45) is 0 Å². The van der Waals surface area contributed by atoms with Crippen molar-refractivity contribution in [3.63, 3.8) is 0 Å². The molecule has 0 fully saturated rings. The van der Waals surface area contributed by atoms with Crippen LogP contribution in [0.25, 0.3) is 34.0 Å². The van der Waals surface area contributed by atoms with Crippen LogP contribution in [0.1, 0.15) is 0 Å². The Morgan fingerprint density at radius 3 is 2.08 bits per heavy atom. The third kappa shape index (κ3) is 2.63. The van der Waals surface area contributed by atoms with Crippen LogP contribution in [0.5, 0.6) is 0 Å². The summed E-state index contributed by atoms with van der Waals surface area (Å²) in [5.41, 5.74) is 10.2. The summed E-state index contributed by atoms with van der Waals surface area (Å²) < 4.78 is 0. The highest BCUT2D eigenvalue weighted by molar-refractivity contribution is 5.79. The van der Waals surface area contributed by atoms with Crippen molar-refractivity contribution in [1.82, 2.24) is 19.9 Å². The molecule has 2 aromatic carbocycles. The first-order valence-corrected chi connectivity index (χ1v) is 7.61. The maximum absolute atomic E-state index is 5.75. The van der Waals surface area contributed by atoms with Crippen LogP contribution in [-0.4, -0.2) is 19.9 Å². The minimum absolute atomic E-state index is 0.238. The highest BCUT2D eigenvalue weighted by Gasteiger charge is 2.16. The zero-order valence-corrected chi connectivity index (χ0v) is 12.8. The number of nitrogens with two attached hydrogens (primary N) is 1. The summed E-state index contributed by atoms with van der Waals surface area (Å²) in [6.07, 6.45) is 1.65. The normalized spacial score (nSPS) is 10.7. The summed E-state index contributed by atoms with van der Waals surface area (Å²) >= 11 is 0. The van der Waals surface area contributed by atoms with E-state index in [0.29, 0.717) is 0 Å². The van der Waals surface area contributed by atoms with Crippen LogP contribution in [0.15, 0.2) is 72.9 Å². The van der Waals surface area contributed by atoms with E-state index >= 15 is 0 Å². The topological polar surface area (TPSA) is 80.5 Å². The summed E-state index contributed by atoms with van der Waals surface area (Å²) in [5.74, 6) is 1.03. The fourth-order valence-electron chi connectivity index (χ4n) is 2.61. The molecule has 0 unspecified atom stereocenters. The monoisotopic (exact) mass is 313 g/mol. The first kappa shape index (κ1) is 14.1. The second-order valence-corrected chi connectivity index (χ2v) is 5.34. The van der Waals surface area contributed by atoms with E-state index in [0.717, 1.165) is 34.0 Å². The molecule has 5 heteroatoms. The lowest BCUT2D eigenvalue weighted by molar-refractivity contribution is 1.18. The number of aromatic amines is 1. The molecular formula is C19H15N5. The molecule has 0 aliphatic heterocycles. The van der Waals surface area contributed by atoms with E-state index in [1.54, 1.807) is 6.20 Å². The van der Waals surface area contributed by atoms with Crippen molar-refractivity contribution in [1.29, 1.82) is 0 Å². The Kier molecular flexibility index (Phi) is 3.51. The minimum Gasteiger partial charge on any atom is -0.368 e. The zero-order valence-electron chi connectivity index (χ0n) is 12.8. The second kappa shape index (κ2) is 5.96. The van der Waals surface area contributed by atoms with Gasteiger partial charge in [0, 0.05) is 17.3 Å². The third-order valence-corrected chi connectivity index (χ3v) is 3.73. The molecule has 0 spiro atoms. The molecule has 4 rings (SSSR count). The standard InChI is InChI=1S/C19H15N5/c20-19-21-12-11-15(22-19)17-16(13-7-3-1-4-8-13)23-18(24-17)14-9-5-2-6-10-14/h1-12H,(H,23,24)(H2,20,21,22). The van der Waals surface area contributed by atoms with E-state index in [4.69, 9.17) is 10.7 Å². The molecule has 2 aromatic heterocycles. The van der Waals surface area contributed by atoms with Gasteiger partial charge in [-0.2, -0.15) is 0 Å². The number of hydrogen-bond acceptors (Lipinski definition) is 4. The predicted octanol–water partition coefficient (Wildman–Crippen LogP) is 3.78. The Morgan fingerprint density at radius 2 is 1.42 bits per heavy atom. The van der Waals surface area contributed by atoms with Gasteiger partial charge >= 0.3 is 0 Å². The molecule has 24 heavy (non-hydrogen) atoms. The molecule has 0 aliphatic rings. The third-order valence-electron chi connectivity index (χ3n) is 3.73. The van der Waals surface area contributed by atoms with Crippen molar-refractivity contribution in [3.8, 4) is 34.0 Å². The molecule has 0 radical (unpaired) electrons. The van der Waals surface area contributed by atoms with Crippen LogP contribution in [0.2, 0.25) is 0 Å². The van der Waals surface area contributed by atoms with E-state index in [1.165, 1.54) is 0 Å². The molecule has 5 nitrogen and oxygen atoms in total. The summed E-state index contributed by atoms with van der Waals surface area (Å²) in [5, 5.41) is 0. The molecule has 0 atom stereocenters. The Balaban J connectivity index is 1.92. The molecule has 3 N–H and O–H groups in total. The highest BCUT2D eigenvalue weighted by atomic mass is 15.0. The first-order chi connectivity index (χ1) is 11.8. The molecule has 4 aromatic rings. The van der Waals surface area contributed by atoms with Gasteiger partial charge in [-0.1, -0.05) is 60.7 Å². The molecule has 0 amide bonds. The van der Waals surface area contributed by atoms with Crippen molar-refractivity contribution in [3.05, 3.63) is 72.9 Å². The van der Waals surface area contributed by atoms with Gasteiger partial charge in [0.05, 0.1) is 17.1 Å². The fraction of sp³-hybridized carbons (Fsp3) is 0. The number of imidazole rings is 1. The Morgan fingerprint density at radius 1 is 0.750 bits per heavy atom. The van der Waals surface area contributed by atoms with Crippen LogP contribution in [0, 0.1) is 0 Å². The first-order valence-electron chi connectivity index (χ1n) is 7.61. The fourth-order valence-corrected chi connectivity index (χ4v) is 2.61. The number of nitrogens with zero attached hydrogens (tertiary/aromatic N) is 3. The lowest BCUT2D eigenvalue weighted by Crippen LogP contribution is -1.96. The molecular weight excluding hydrogens is 298 g/mol. The smallest absolute Gasteiger partial charge is 0.220 e. The van der Waals surface area contributed by atoms with Crippen molar-refractivity contribution in [2.45, 2.75) is 0 Å². The predicted molar refractivity (Wildman–Crippen MR) is 94.9 cm³/mol. The number of H-pyrrole nitrogens is 1. The average molecular weight is 313 g/mol. The number of nitrogen functional groups attached to an aromatic ring is 1. The summed E-state index contributed by atoms with van der Waals surface area (Å²) in [6, 6.07) is 21.8. The van der Waals surface area contributed by atoms with Gasteiger partial charge in [0.2, 0.25) is 5.95 Å². The lowest BCUT2D eigenvalue weighted by atomic mass is 10.1. The van der Waals surface area contributed by atoms with Gasteiger partial charge in [0.1, 0.15) is 5.82 Å².